The van der Waals surface area contributed by atoms with Crippen molar-refractivity contribution in [3.8, 4) is 5.75 Å². The SMILES string of the molecule is COc1ccc(CCNc2ccc3ncc([N+](=O)[O-])n3n2)c(Cl)c1. The Morgan fingerprint density at radius 1 is 1.38 bits per heavy atom. The van der Waals surface area contributed by atoms with Gasteiger partial charge in [0.15, 0.2) is 5.82 Å². The lowest BCUT2D eigenvalue weighted by atomic mass is 10.1. The van der Waals surface area contributed by atoms with Crippen LogP contribution in [-0.2, 0) is 6.42 Å². The first-order valence-electron chi connectivity index (χ1n) is 7.14. The maximum Gasteiger partial charge on any atom is 0.368 e. The fraction of sp³-hybridized carbons (Fsp3) is 0.200. The van der Waals surface area contributed by atoms with Crippen molar-refractivity contribution in [1.82, 2.24) is 14.6 Å². The molecule has 3 rings (SSSR count). The summed E-state index contributed by atoms with van der Waals surface area (Å²) in [6.07, 6.45) is 1.86. The number of nitro groups is 1. The number of aromatic nitrogens is 3. The quantitative estimate of drug-likeness (QED) is 0.544. The maximum atomic E-state index is 10.9. The number of halogens is 1. The molecule has 8 nitrogen and oxygen atoms in total. The third-order valence-electron chi connectivity index (χ3n) is 3.49. The van der Waals surface area contributed by atoms with Crippen molar-refractivity contribution in [2.75, 3.05) is 19.0 Å². The number of imidazole rings is 1. The Balaban J connectivity index is 1.69. The minimum absolute atomic E-state index is 0.174. The van der Waals surface area contributed by atoms with E-state index in [1.165, 1.54) is 10.7 Å². The third-order valence-corrected chi connectivity index (χ3v) is 3.84. The molecule has 0 atom stereocenters. The molecule has 9 heteroatoms. The standard InChI is InChI=1S/C15H14ClN5O3/c1-24-11-3-2-10(12(16)8-11)6-7-17-13-4-5-14-18-9-15(21(22)23)20(14)19-13/h2-5,8-9H,6-7H2,1H3,(H,17,19). The summed E-state index contributed by atoms with van der Waals surface area (Å²) in [5.74, 6) is 1.05. The van der Waals surface area contributed by atoms with Crippen molar-refractivity contribution in [1.29, 1.82) is 0 Å². The highest BCUT2D eigenvalue weighted by Crippen LogP contribution is 2.23. The molecular weight excluding hydrogens is 334 g/mol. The average molecular weight is 348 g/mol. The van der Waals surface area contributed by atoms with Crippen molar-refractivity contribution in [3.63, 3.8) is 0 Å². The number of hydrogen-bond donors (Lipinski definition) is 1. The number of hydrogen-bond acceptors (Lipinski definition) is 6. The Labute approximate surface area is 142 Å². The number of ether oxygens (including phenoxy) is 1. The zero-order chi connectivity index (χ0) is 17.1. The van der Waals surface area contributed by atoms with Crippen LogP contribution in [0.1, 0.15) is 5.56 Å². The molecular formula is C15H14ClN5O3. The van der Waals surface area contributed by atoms with Gasteiger partial charge >= 0.3 is 5.82 Å². The fourth-order valence-corrected chi connectivity index (χ4v) is 2.53. The molecule has 3 aromatic rings. The summed E-state index contributed by atoms with van der Waals surface area (Å²) in [6.45, 7) is 0.576. The van der Waals surface area contributed by atoms with E-state index in [-0.39, 0.29) is 5.82 Å². The highest BCUT2D eigenvalue weighted by Gasteiger charge is 2.15. The number of anilines is 1. The first-order chi connectivity index (χ1) is 11.6. The van der Waals surface area contributed by atoms with Crippen molar-refractivity contribution in [3.05, 3.63) is 57.2 Å². The van der Waals surface area contributed by atoms with Crippen LogP contribution >= 0.6 is 11.6 Å². The molecule has 0 aliphatic rings. The van der Waals surface area contributed by atoms with E-state index in [9.17, 15) is 10.1 Å². The van der Waals surface area contributed by atoms with Gasteiger partial charge in [-0.2, -0.15) is 0 Å². The molecule has 1 aromatic carbocycles. The first kappa shape index (κ1) is 16.0. The lowest BCUT2D eigenvalue weighted by molar-refractivity contribution is -0.391. The first-order valence-corrected chi connectivity index (χ1v) is 7.52. The molecule has 0 aliphatic carbocycles. The average Bonchev–Trinajstić information content (AvgIpc) is 2.99. The molecule has 24 heavy (non-hydrogen) atoms. The lowest BCUT2D eigenvalue weighted by Crippen LogP contribution is -2.09. The van der Waals surface area contributed by atoms with E-state index in [0.29, 0.717) is 35.2 Å². The van der Waals surface area contributed by atoms with E-state index in [1.54, 1.807) is 25.3 Å². The summed E-state index contributed by atoms with van der Waals surface area (Å²) >= 11 is 6.20. The van der Waals surface area contributed by atoms with Crippen molar-refractivity contribution >= 4 is 28.9 Å². The zero-order valence-corrected chi connectivity index (χ0v) is 13.5. The van der Waals surface area contributed by atoms with Gasteiger partial charge in [-0.05, 0) is 35.1 Å². The molecule has 0 saturated heterocycles. The van der Waals surface area contributed by atoms with Crippen molar-refractivity contribution < 1.29 is 9.66 Å². The summed E-state index contributed by atoms with van der Waals surface area (Å²) in [7, 11) is 1.59. The number of fused-ring (bicyclic) bond motifs is 1. The van der Waals surface area contributed by atoms with Crippen molar-refractivity contribution in [2.45, 2.75) is 6.42 Å². The molecule has 0 spiro atoms. The second kappa shape index (κ2) is 6.71. The van der Waals surface area contributed by atoms with Crippen LogP contribution in [0, 0.1) is 10.1 Å². The predicted octanol–water partition coefficient (Wildman–Crippen LogP) is 2.95. The molecule has 0 amide bonds. The fourth-order valence-electron chi connectivity index (χ4n) is 2.26. The van der Waals surface area contributed by atoms with Gasteiger partial charge in [0.1, 0.15) is 11.9 Å². The van der Waals surface area contributed by atoms with Crippen LogP contribution in [0.25, 0.3) is 5.65 Å². The van der Waals surface area contributed by atoms with Crippen LogP contribution < -0.4 is 10.1 Å². The Morgan fingerprint density at radius 2 is 2.21 bits per heavy atom. The number of rotatable bonds is 6. The van der Waals surface area contributed by atoms with E-state index in [0.717, 1.165) is 5.56 Å². The molecule has 2 heterocycles. The van der Waals surface area contributed by atoms with Gasteiger partial charge in [-0.3, -0.25) is 0 Å². The Hall–Kier alpha value is -2.87. The molecule has 0 radical (unpaired) electrons. The van der Waals surface area contributed by atoms with Gasteiger partial charge in [-0.1, -0.05) is 27.3 Å². The van der Waals surface area contributed by atoms with Gasteiger partial charge in [0, 0.05) is 17.6 Å². The normalized spacial score (nSPS) is 10.8. The minimum atomic E-state index is -0.520. The summed E-state index contributed by atoms with van der Waals surface area (Å²) in [4.78, 5) is 14.4. The molecule has 1 N–H and O–H groups in total. The molecule has 124 valence electrons. The minimum Gasteiger partial charge on any atom is -0.497 e. The second-order valence-corrected chi connectivity index (χ2v) is 5.40. The Bertz CT molecular complexity index is 896. The van der Waals surface area contributed by atoms with Gasteiger partial charge < -0.3 is 20.2 Å². The monoisotopic (exact) mass is 347 g/mol. The third kappa shape index (κ3) is 3.23. The number of benzene rings is 1. The largest absolute Gasteiger partial charge is 0.497 e. The summed E-state index contributed by atoms with van der Waals surface area (Å²) < 4.78 is 6.31. The molecule has 0 aliphatic heterocycles. The van der Waals surface area contributed by atoms with E-state index >= 15 is 0 Å². The van der Waals surface area contributed by atoms with Gasteiger partial charge in [0.2, 0.25) is 5.65 Å². The topological polar surface area (TPSA) is 94.6 Å². The predicted molar refractivity (Wildman–Crippen MR) is 89.8 cm³/mol. The highest BCUT2D eigenvalue weighted by molar-refractivity contribution is 6.31. The van der Waals surface area contributed by atoms with Gasteiger partial charge in [0.05, 0.1) is 7.11 Å². The Morgan fingerprint density at radius 3 is 2.92 bits per heavy atom. The number of nitrogens with one attached hydrogen (secondary N) is 1. The molecule has 0 unspecified atom stereocenters. The summed E-state index contributed by atoms with van der Waals surface area (Å²) in [5.41, 5.74) is 1.39. The lowest BCUT2D eigenvalue weighted by Gasteiger charge is -2.08. The van der Waals surface area contributed by atoms with Crippen LogP contribution in [-0.4, -0.2) is 33.2 Å². The summed E-state index contributed by atoms with van der Waals surface area (Å²) in [5, 5.41) is 18.9. The number of nitrogens with zero attached hydrogens (tertiary/aromatic N) is 4. The van der Waals surface area contributed by atoms with Gasteiger partial charge in [0.25, 0.3) is 0 Å². The molecule has 0 bridgehead atoms. The second-order valence-electron chi connectivity index (χ2n) is 5.00. The maximum absolute atomic E-state index is 10.9. The van der Waals surface area contributed by atoms with E-state index in [2.05, 4.69) is 15.4 Å². The van der Waals surface area contributed by atoms with Crippen molar-refractivity contribution in [2.24, 2.45) is 0 Å². The number of methoxy groups -OCH3 is 1. The van der Waals surface area contributed by atoms with Crippen LogP contribution in [0.15, 0.2) is 36.5 Å². The van der Waals surface area contributed by atoms with Crippen LogP contribution in [0.5, 0.6) is 5.75 Å². The van der Waals surface area contributed by atoms with Crippen LogP contribution in [0.2, 0.25) is 5.02 Å². The molecule has 2 aromatic heterocycles. The molecule has 0 fully saturated rings. The van der Waals surface area contributed by atoms with E-state index in [4.69, 9.17) is 16.3 Å². The van der Waals surface area contributed by atoms with Crippen LogP contribution in [0.4, 0.5) is 11.6 Å². The van der Waals surface area contributed by atoms with E-state index < -0.39 is 4.92 Å². The summed E-state index contributed by atoms with van der Waals surface area (Å²) in [6, 6.07) is 8.90. The van der Waals surface area contributed by atoms with Gasteiger partial charge in [-0.25, -0.2) is 4.98 Å². The smallest absolute Gasteiger partial charge is 0.368 e. The van der Waals surface area contributed by atoms with Crippen LogP contribution in [0.3, 0.4) is 0 Å². The zero-order valence-electron chi connectivity index (χ0n) is 12.8. The van der Waals surface area contributed by atoms with Gasteiger partial charge in [-0.15, -0.1) is 0 Å². The molecule has 0 saturated carbocycles. The highest BCUT2D eigenvalue weighted by atomic mass is 35.5. The Kier molecular flexibility index (Phi) is 4.48. The van der Waals surface area contributed by atoms with E-state index in [1.807, 2.05) is 12.1 Å².